The molecule has 0 aliphatic carbocycles. The Morgan fingerprint density at radius 3 is 2.68 bits per heavy atom. The van der Waals surface area contributed by atoms with Crippen LogP contribution < -0.4 is 5.32 Å². The monoisotopic (exact) mass is 295 g/mol. The first-order chi connectivity index (χ1) is 10.7. The fraction of sp³-hybridized carbons (Fsp3) is 0.176. The molecule has 1 amide bonds. The maximum Gasteiger partial charge on any atom is 0.255 e. The van der Waals surface area contributed by atoms with Crippen molar-refractivity contribution < 1.29 is 9.21 Å². The van der Waals surface area contributed by atoms with Crippen LogP contribution in [-0.4, -0.2) is 15.7 Å². The number of benzene rings is 1. The van der Waals surface area contributed by atoms with E-state index in [1.807, 2.05) is 50.2 Å². The van der Waals surface area contributed by atoms with E-state index < -0.39 is 0 Å². The summed E-state index contributed by atoms with van der Waals surface area (Å²) < 4.78 is 7.06. The predicted molar refractivity (Wildman–Crippen MR) is 82.9 cm³/mol. The molecule has 1 atom stereocenters. The van der Waals surface area contributed by atoms with Gasteiger partial charge in [0.05, 0.1) is 35.4 Å². The fourth-order valence-electron chi connectivity index (χ4n) is 2.35. The molecule has 2 aromatic heterocycles. The highest BCUT2D eigenvalue weighted by Crippen LogP contribution is 2.16. The van der Waals surface area contributed by atoms with Gasteiger partial charge in [0.2, 0.25) is 0 Å². The Balaban J connectivity index is 1.81. The molecule has 0 unspecified atom stereocenters. The van der Waals surface area contributed by atoms with E-state index in [1.165, 1.54) is 0 Å². The van der Waals surface area contributed by atoms with E-state index in [-0.39, 0.29) is 11.9 Å². The lowest BCUT2D eigenvalue weighted by atomic mass is 10.2. The molecule has 0 fully saturated rings. The van der Waals surface area contributed by atoms with Gasteiger partial charge in [-0.1, -0.05) is 18.2 Å². The summed E-state index contributed by atoms with van der Waals surface area (Å²) in [5, 5.41) is 7.23. The van der Waals surface area contributed by atoms with Gasteiger partial charge in [-0.15, -0.1) is 0 Å². The summed E-state index contributed by atoms with van der Waals surface area (Å²) in [6.45, 7) is 3.76. The van der Waals surface area contributed by atoms with E-state index in [0.29, 0.717) is 5.56 Å². The minimum atomic E-state index is -0.193. The molecule has 0 aliphatic rings. The third kappa shape index (κ3) is 2.65. The molecule has 0 saturated carbocycles. The van der Waals surface area contributed by atoms with E-state index in [1.54, 1.807) is 23.2 Å². The summed E-state index contributed by atoms with van der Waals surface area (Å²) in [6, 6.07) is 13.2. The van der Waals surface area contributed by atoms with Crippen LogP contribution in [0.25, 0.3) is 5.69 Å². The van der Waals surface area contributed by atoms with Crippen molar-refractivity contribution in [2.24, 2.45) is 0 Å². The van der Waals surface area contributed by atoms with Gasteiger partial charge in [0.25, 0.3) is 5.91 Å². The number of hydrogen-bond donors (Lipinski definition) is 1. The molecule has 0 radical (unpaired) electrons. The molecule has 0 aliphatic heterocycles. The second kappa shape index (κ2) is 5.89. The molecule has 3 rings (SSSR count). The van der Waals surface area contributed by atoms with Crippen LogP contribution in [0.15, 0.2) is 59.3 Å². The van der Waals surface area contributed by atoms with Gasteiger partial charge < -0.3 is 9.73 Å². The van der Waals surface area contributed by atoms with Gasteiger partial charge in [-0.25, -0.2) is 4.68 Å². The van der Waals surface area contributed by atoms with Crippen LogP contribution in [0.1, 0.15) is 34.8 Å². The molecule has 0 spiro atoms. The molecular weight excluding hydrogens is 278 g/mol. The number of nitrogens with one attached hydrogen (secondary N) is 1. The van der Waals surface area contributed by atoms with Crippen molar-refractivity contribution in [3.8, 4) is 5.69 Å². The molecule has 0 saturated heterocycles. The van der Waals surface area contributed by atoms with Gasteiger partial charge in [-0.05, 0) is 38.1 Å². The third-order valence-corrected chi connectivity index (χ3v) is 3.57. The lowest BCUT2D eigenvalue weighted by Gasteiger charge is -2.11. The normalized spacial score (nSPS) is 12.1. The van der Waals surface area contributed by atoms with Gasteiger partial charge in [0, 0.05) is 0 Å². The standard InChI is InChI=1S/C17H17N3O2/c1-12(16-9-6-10-22-16)19-17(21)15-11-18-20(13(15)2)14-7-4-3-5-8-14/h3-12H,1-2H3,(H,19,21)/t12-/m0/s1. The van der Waals surface area contributed by atoms with Gasteiger partial charge in [-0.2, -0.15) is 5.10 Å². The highest BCUT2D eigenvalue weighted by molar-refractivity contribution is 5.95. The first-order valence-electron chi connectivity index (χ1n) is 7.11. The van der Waals surface area contributed by atoms with Crippen LogP contribution in [-0.2, 0) is 0 Å². The highest BCUT2D eigenvalue weighted by Gasteiger charge is 2.18. The van der Waals surface area contributed by atoms with Crippen LogP contribution in [0.5, 0.6) is 0 Å². The van der Waals surface area contributed by atoms with E-state index in [9.17, 15) is 4.79 Å². The molecule has 112 valence electrons. The first-order valence-corrected chi connectivity index (χ1v) is 7.11. The Bertz CT molecular complexity index is 761. The number of amides is 1. The van der Waals surface area contributed by atoms with Crippen molar-refractivity contribution in [1.82, 2.24) is 15.1 Å². The van der Waals surface area contributed by atoms with Crippen molar-refractivity contribution in [3.63, 3.8) is 0 Å². The van der Waals surface area contributed by atoms with E-state index in [4.69, 9.17) is 4.42 Å². The minimum Gasteiger partial charge on any atom is -0.467 e. The van der Waals surface area contributed by atoms with Gasteiger partial charge in [-0.3, -0.25) is 4.79 Å². The summed E-state index contributed by atoms with van der Waals surface area (Å²) in [7, 11) is 0. The van der Waals surface area contributed by atoms with Gasteiger partial charge in [0.1, 0.15) is 5.76 Å². The third-order valence-electron chi connectivity index (χ3n) is 3.57. The average Bonchev–Trinajstić information content (AvgIpc) is 3.17. The van der Waals surface area contributed by atoms with Crippen molar-refractivity contribution in [2.45, 2.75) is 19.9 Å². The maximum absolute atomic E-state index is 12.4. The quantitative estimate of drug-likeness (QED) is 0.803. The van der Waals surface area contributed by atoms with E-state index in [0.717, 1.165) is 17.1 Å². The second-order valence-corrected chi connectivity index (χ2v) is 5.10. The van der Waals surface area contributed by atoms with Gasteiger partial charge >= 0.3 is 0 Å². The highest BCUT2D eigenvalue weighted by atomic mass is 16.3. The van der Waals surface area contributed by atoms with Crippen molar-refractivity contribution in [1.29, 1.82) is 0 Å². The predicted octanol–water partition coefficient (Wildman–Crippen LogP) is 3.26. The second-order valence-electron chi connectivity index (χ2n) is 5.10. The Hall–Kier alpha value is -2.82. The lowest BCUT2D eigenvalue weighted by Crippen LogP contribution is -2.26. The summed E-state index contributed by atoms with van der Waals surface area (Å²) in [6.07, 6.45) is 3.18. The number of aromatic nitrogens is 2. The maximum atomic E-state index is 12.4. The number of carbonyl (C=O) groups is 1. The molecular formula is C17H17N3O2. The number of rotatable bonds is 4. The van der Waals surface area contributed by atoms with Crippen LogP contribution in [0.3, 0.4) is 0 Å². The van der Waals surface area contributed by atoms with E-state index >= 15 is 0 Å². The summed E-state index contributed by atoms with van der Waals surface area (Å²) in [5.74, 6) is 0.560. The Kier molecular flexibility index (Phi) is 3.78. The van der Waals surface area contributed by atoms with Crippen LogP contribution in [0.4, 0.5) is 0 Å². The Labute approximate surface area is 128 Å². The zero-order valence-corrected chi connectivity index (χ0v) is 12.5. The molecule has 1 N–H and O–H groups in total. The Morgan fingerprint density at radius 1 is 1.23 bits per heavy atom. The fourth-order valence-corrected chi connectivity index (χ4v) is 2.35. The summed E-state index contributed by atoms with van der Waals surface area (Å²) in [5.41, 5.74) is 2.29. The van der Waals surface area contributed by atoms with Crippen LogP contribution in [0.2, 0.25) is 0 Å². The van der Waals surface area contributed by atoms with Crippen LogP contribution in [0, 0.1) is 6.92 Å². The van der Waals surface area contributed by atoms with E-state index in [2.05, 4.69) is 10.4 Å². The van der Waals surface area contributed by atoms with Crippen molar-refractivity contribution in [2.75, 3.05) is 0 Å². The number of hydrogen-bond acceptors (Lipinski definition) is 3. The van der Waals surface area contributed by atoms with Gasteiger partial charge in [0.15, 0.2) is 0 Å². The van der Waals surface area contributed by atoms with Crippen LogP contribution >= 0.6 is 0 Å². The number of carbonyl (C=O) groups excluding carboxylic acids is 1. The average molecular weight is 295 g/mol. The largest absolute Gasteiger partial charge is 0.467 e. The number of furan rings is 1. The van der Waals surface area contributed by atoms with Crippen molar-refractivity contribution in [3.05, 3.63) is 71.9 Å². The lowest BCUT2D eigenvalue weighted by molar-refractivity contribution is 0.0934. The Morgan fingerprint density at radius 2 is 2.00 bits per heavy atom. The summed E-state index contributed by atoms with van der Waals surface area (Å²) >= 11 is 0. The summed E-state index contributed by atoms with van der Waals surface area (Å²) in [4.78, 5) is 12.4. The smallest absolute Gasteiger partial charge is 0.255 e. The zero-order chi connectivity index (χ0) is 15.5. The molecule has 5 nitrogen and oxygen atoms in total. The molecule has 0 bridgehead atoms. The molecule has 1 aromatic carbocycles. The SMILES string of the molecule is Cc1c(C(=O)N[C@@H](C)c2ccco2)cnn1-c1ccccc1. The molecule has 22 heavy (non-hydrogen) atoms. The minimum absolute atomic E-state index is 0.163. The molecule has 2 heterocycles. The molecule has 3 aromatic rings. The topological polar surface area (TPSA) is 60.1 Å². The number of nitrogens with zero attached hydrogens (tertiary/aromatic N) is 2. The van der Waals surface area contributed by atoms with Crippen molar-refractivity contribution >= 4 is 5.91 Å². The zero-order valence-electron chi connectivity index (χ0n) is 12.5. The molecule has 5 heteroatoms. The number of para-hydroxylation sites is 1. The first kappa shape index (κ1) is 14.1.